The van der Waals surface area contributed by atoms with Crippen molar-refractivity contribution in [3.63, 3.8) is 0 Å². The van der Waals surface area contributed by atoms with Gasteiger partial charge in [0.2, 0.25) is 0 Å². The maximum atomic E-state index is 9.51. The molecule has 0 saturated carbocycles. The average Bonchev–Trinajstić information content (AvgIpc) is 2.05. The summed E-state index contributed by atoms with van der Waals surface area (Å²) in [5.74, 6) is 0. The van der Waals surface area contributed by atoms with Crippen LogP contribution in [0, 0.1) is 0 Å². The fourth-order valence-electron chi connectivity index (χ4n) is 1.07. The molecule has 0 fully saturated rings. The predicted molar refractivity (Wildman–Crippen MR) is 49.5 cm³/mol. The number of allylic oxidation sites excluding steroid dienone is 2. The number of hydrogen-bond donors (Lipinski definition) is 1. The molecule has 1 nitrogen and oxygen atoms in total. The van der Waals surface area contributed by atoms with Crippen molar-refractivity contribution in [2.75, 3.05) is 0 Å². The summed E-state index contributed by atoms with van der Waals surface area (Å²) < 4.78 is 0. The fraction of sp³-hybridized carbons (Fsp3) is 0.600. The highest BCUT2D eigenvalue weighted by Gasteiger charge is 2.07. The van der Waals surface area contributed by atoms with Crippen LogP contribution in [0.25, 0.3) is 0 Å². The van der Waals surface area contributed by atoms with E-state index in [2.05, 4.69) is 0 Å². The summed E-state index contributed by atoms with van der Waals surface area (Å²) in [5.41, 5.74) is 2.22. The van der Waals surface area contributed by atoms with Gasteiger partial charge < -0.3 is 5.11 Å². The Labute approximate surface area is 69.4 Å². The quantitative estimate of drug-likeness (QED) is 0.620. The molecule has 0 aromatic heterocycles. The molecule has 1 unspecified atom stereocenters. The zero-order chi connectivity index (χ0) is 8.85. The van der Waals surface area contributed by atoms with E-state index < -0.39 is 0 Å². The Morgan fingerprint density at radius 2 is 1.91 bits per heavy atom. The molecule has 0 aliphatic carbocycles. The topological polar surface area (TPSA) is 20.2 Å². The molecule has 0 aromatic carbocycles. The third-order valence-corrected chi connectivity index (χ3v) is 1.95. The van der Waals surface area contributed by atoms with Crippen molar-refractivity contribution in [3.8, 4) is 0 Å². The van der Waals surface area contributed by atoms with E-state index in [1.165, 1.54) is 5.57 Å². The first-order valence-electron chi connectivity index (χ1n) is 4.14. The normalized spacial score (nSPS) is 16.8. The SMILES string of the molecule is C/C=C(C)\C(=C/C)C(O)CC. The Hall–Kier alpha value is -0.560. The van der Waals surface area contributed by atoms with Gasteiger partial charge in [-0.15, -0.1) is 0 Å². The second kappa shape index (κ2) is 5.14. The molecule has 0 bridgehead atoms. The van der Waals surface area contributed by atoms with Crippen molar-refractivity contribution in [1.29, 1.82) is 0 Å². The zero-order valence-electron chi connectivity index (χ0n) is 7.89. The van der Waals surface area contributed by atoms with E-state index in [0.29, 0.717) is 0 Å². The number of aliphatic hydroxyl groups is 1. The Kier molecular flexibility index (Phi) is 4.88. The highest BCUT2D eigenvalue weighted by molar-refractivity contribution is 5.31. The Morgan fingerprint density at radius 1 is 1.36 bits per heavy atom. The summed E-state index contributed by atoms with van der Waals surface area (Å²) in [6.07, 6.45) is 4.49. The molecule has 0 rings (SSSR count). The molecule has 0 saturated heterocycles. The summed E-state index contributed by atoms with van der Waals surface area (Å²) in [4.78, 5) is 0. The third kappa shape index (κ3) is 2.89. The van der Waals surface area contributed by atoms with Crippen LogP contribution in [0.2, 0.25) is 0 Å². The van der Waals surface area contributed by atoms with Gasteiger partial charge in [-0.25, -0.2) is 0 Å². The lowest BCUT2D eigenvalue weighted by Gasteiger charge is -2.12. The van der Waals surface area contributed by atoms with Crippen molar-refractivity contribution < 1.29 is 5.11 Å². The smallest absolute Gasteiger partial charge is 0.0786 e. The minimum Gasteiger partial charge on any atom is -0.388 e. The van der Waals surface area contributed by atoms with E-state index in [-0.39, 0.29) is 6.10 Å². The fourth-order valence-corrected chi connectivity index (χ4v) is 1.07. The lowest BCUT2D eigenvalue weighted by molar-refractivity contribution is 0.208. The van der Waals surface area contributed by atoms with E-state index in [1.54, 1.807) is 0 Å². The highest BCUT2D eigenvalue weighted by Crippen LogP contribution is 2.15. The van der Waals surface area contributed by atoms with Crippen molar-refractivity contribution in [2.45, 2.75) is 40.2 Å². The van der Waals surface area contributed by atoms with E-state index in [4.69, 9.17) is 0 Å². The molecule has 0 aliphatic heterocycles. The van der Waals surface area contributed by atoms with Gasteiger partial charge in [-0.05, 0) is 38.3 Å². The van der Waals surface area contributed by atoms with Crippen LogP contribution in [0.5, 0.6) is 0 Å². The first kappa shape index (κ1) is 10.4. The number of aliphatic hydroxyl groups excluding tert-OH is 1. The van der Waals surface area contributed by atoms with E-state index in [9.17, 15) is 5.11 Å². The van der Waals surface area contributed by atoms with Crippen LogP contribution in [-0.2, 0) is 0 Å². The van der Waals surface area contributed by atoms with Crippen molar-refractivity contribution in [1.82, 2.24) is 0 Å². The molecule has 0 amide bonds. The van der Waals surface area contributed by atoms with Gasteiger partial charge in [-0.2, -0.15) is 0 Å². The summed E-state index contributed by atoms with van der Waals surface area (Å²) in [5, 5.41) is 9.51. The summed E-state index contributed by atoms with van der Waals surface area (Å²) >= 11 is 0. The molecule has 0 aromatic rings. The largest absolute Gasteiger partial charge is 0.388 e. The molecule has 11 heavy (non-hydrogen) atoms. The van der Waals surface area contributed by atoms with E-state index in [0.717, 1.165) is 12.0 Å². The predicted octanol–water partition coefficient (Wildman–Crippen LogP) is 2.67. The standard InChI is InChI=1S/C10H18O/c1-5-8(4)9(6-2)10(11)7-3/h5-6,10-11H,7H2,1-4H3/b8-5-,9-6+. The second-order valence-electron chi connectivity index (χ2n) is 2.64. The lowest BCUT2D eigenvalue weighted by atomic mass is 10.00. The van der Waals surface area contributed by atoms with Gasteiger partial charge in [0.25, 0.3) is 0 Å². The number of hydrogen-bond acceptors (Lipinski definition) is 1. The second-order valence-corrected chi connectivity index (χ2v) is 2.64. The van der Waals surface area contributed by atoms with Crippen molar-refractivity contribution in [2.24, 2.45) is 0 Å². The molecule has 1 N–H and O–H groups in total. The van der Waals surface area contributed by atoms with Crippen LogP contribution in [0.3, 0.4) is 0 Å². The van der Waals surface area contributed by atoms with Crippen LogP contribution >= 0.6 is 0 Å². The molecule has 0 heterocycles. The van der Waals surface area contributed by atoms with E-state index >= 15 is 0 Å². The maximum Gasteiger partial charge on any atom is 0.0786 e. The molecular weight excluding hydrogens is 136 g/mol. The van der Waals surface area contributed by atoms with Gasteiger partial charge in [0.1, 0.15) is 0 Å². The first-order chi connectivity index (χ1) is 5.17. The van der Waals surface area contributed by atoms with Crippen LogP contribution in [0.15, 0.2) is 23.3 Å². The zero-order valence-corrected chi connectivity index (χ0v) is 7.89. The molecule has 1 atom stereocenters. The minimum absolute atomic E-state index is 0.295. The summed E-state index contributed by atoms with van der Waals surface area (Å²) in [6, 6.07) is 0. The van der Waals surface area contributed by atoms with E-state index in [1.807, 2.05) is 39.8 Å². The first-order valence-corrected chi connectivity index (χ1v) is 4.14. The van der Waals surface area contributed by atoms with Crippen molar-refractivity contribution >= 4 is 0 Å². The van der Waals surface area contributed by atoms with Crippen LogP contribution < -0.4 is 0 Å². The van der Waals surface area contributed by atoms with Gasteiger partial charge in [0, 0.05) is 0 Å². The van der Waals surface area contributed by atoms with Crippen LogP contribution in [-0.4, -0.2) is 11.2 Å². The third-order valence-electron chi connectivity index (χ3n) is 1.95. The molecule has 64 valence electrons. The van der Waals surface area contributed by atoms with Crippen LogP contribution in [0.4, 0.5) is 0 Å². The Balaban J connectivity index is 4.43. The highest BCUT2D eigenvalue weighted by atomic mass is 16.3. The molecule has 0 spiro atoms. The van der Waals surface area contributed by atoms with Gasteiger partial charge in [-0.3, -0.25) is 0 Å². The summed E-state index contributed by atoms with van der Waals surface area (Å²) in [6.45, 7) is 7.95. The molecule has 0 aliphatic rings. The van der Waals surface area contributed by atoms with Crippen molar-refractivity contribution in [3.05, 3.63) is 23.3 Å². The van der Waals surface area contributed by atoms with Gasteiger partial charge in [0.15, 0.2) is 0 Å². The molecular formula is C10H18O. The summed E-state index contributed by atoms with van der Waals surface area (Å²) in [7, 11) is 0. The average molecular weight is 154 g/mol. The van der Waals surface area contributed by atoms with Crippen LogP contribution in [0.1, 0.15) is 34.1 Å². The molecule has 0 radical (unpaired) electrons. The molecule has 1 heteroatoms. The monoisotopic (exact) mass is 154 g/mol. The Bertz CT molecular complexity index is 166. The lowest BCUT2D eigenvalue weighted by Crippen LogP contribution is -2.09. The Morgan fingerprint density at radius 3 is 2.18 bits per heavy atom. The number of rotatable bonds is 3. The maximum absolute atomic E-state index is 9.51. The van der Waals surface area contributed by atoms with Gasteiger partial charge in [0.05, 0.1) is 6.10 Å². The van der Waals surface area contributed by atoms with Gasteiger partial charge >= 0.3 is 0 Å². The minimum atomic E-state index is -0.295. The van der Waals surface area contributed by atoms with Gasteiger partial charge in [-0.1, -0.05) is 19.1 Å².